The molecule has 2 rings (SSSR count). The summed E-state index contributed by atoms with van der Waals surface area (Å²) in [7, 11) is -7.35. The molecule has 0 radical (unpaired) electrons. The number of hydrogen-bond acceptors (Lipinski definition) is 6. The van der Waals surface area contributed by atoms with Gasteiger partial charge >= 0.3 is 15.5 Å². The van der Waals surface area contributed by atoms with Crippen molar-refractivity contribution in [2.45, 2.75) is 20.8 Å². The van der Waals surface area contributed by atoms with Gasteiger partial charge in [-0.1, -0.05) is 40.9 Å². The summed E-state index contributed by atoms with van der Waals surface area (Å²) in [4.78, 5) is 0. The van der Waals surface area contributed by atoms with Crippen LogP contribution in [-0.4, -0.2) is 19.8 Å². The Kier molecular flexibility index (Phi) is 8.55. The van der Waals surface area contributed by atoms with Crippen LogP contribution in [-0.2, 0) is 18.1 Å². The molecule has 0 saturated heterocycles. The highest BCUT2D eigenvalue weighted by molar-refractivity contribution is 7.64. The Balaban J connectivity index is 2.49. The van der Waals surface area contributed by atoms with Gasteiger partial charge in [0.1, 0.15) is 11.5 Å². The lowest BCUT2D eigenvalue weighted by atomic mass is 10.3. The summed E-state index contributed by atoms with van der Waals surface area (Å²) in [6.45, 7) is 6.16. The van der Waals surface area contributed by atoms with Gasteiger partial charge in [-0.3, -0.25) is 0 Å². The van der Waals surface area contributed by atoms with Crippen molar-refractivity contribution in [2.24, 2.45) is 4.52 Å². The molecule has 0 aromatic heterocycles. The number of nitrogens with zero attached hydrogens (tertiary/aromatic N) is 1. The monoisotopic (exact) mass is 413 g/mol. The van der Waals surface area contributed by atoms with E-state index in [2.05, 4.69) is 4.52 Å². The smallest absolute Gasteiger partial charge is 0.399 e. The minimum absolute atomic E-state index is 0.272. The van der Waals surface area contributed by atoms with Crippen molar-refractivity contribution in [3.63, 3.8) is 0 Å². The number of rotatable bonds is 11. The molecule has 7 nitrogen and oxygen atoms in total. The zero-order valence-electron chi connectivity index (χ0n) is 15.7. The Morgan fingerprint density at radius 2 is 1.07 bits per heavy atom. The second-order valence-corrected chi connectivity index (χ2v) is 8.82. The Morgan fingerprint density at radius 3 is 1.41 bits per heavy atom. The summed E-state index contributed by atoms with van der Waals surface area (Å²) >= 11 is 0. The molecule has 0 heterocycles. The first-order chi connectivity index (χ1) is 13.0. The van der Waals surface area contributed by atoms with Gasteiger partial charge in [-0.15, -0.1) is 0 Å². The van der Waals surface area contributed by atoms with Crippen LogP contribution in [0.1, 0.15) is 20.8 Å². The van der Waals surface area contributed by atoms with E-state index < -0.39 is 15.5 Å². The fourth-order valence-corrected chi connectivity index (χ4v) is 6.10. The quantitative estimate of drug-likeness (QED) is 0.402. The Morgan fingerprint density at radius 1 is 0.704 bits per heavy atom. The van der Waals surface area contributed by atoms with Crippen molar-refractivity contribution in [2.75, 3.05) is 19.8 Å². The van der Waals surface area contributed by atoms with Crippen molar-refractivity contribution in [3.05, 3.63) is 60.7 Å². The number of benzene rings is 2. The molecule has 2 aromatic carbocycles. The van der Waals surface area contributed by atoms with Crippen LogP contribution in [0.2, 0.25) is 0 Å². The largest absolute Gasteiger partial charge is 0.567 e. The van der Waals surface area contributed by atoms with Gasteiger partial charge in [0.2, 0.25) is 0 Å². The molecule has 0 aliphatic heterocycles. The van der Waals surface area contributed by atoms with E-state index in [4.69, 9.17) is 22.6 Å². The first-order valence-electron chi connectivity index (χ1n) is 8.71. The van der Waals surface area contributed by atoms with Crippen LogP contribution in [0.15, 0.2) is 65.2 Å². The van der Waals surface area contributed by atoms with E-state index in [1.165, 1.54) is 0 Å². The van der Waals surface area contributed by atoms with Crippen LogP contribution in [0.25, 0.3) is 0 Å². The Bertz CT molecular complexity index is 716. The van der Waals surface area contributed by atoms with Crippen LogP contribution in [0, 0.1) is 0 Å². The second kappa shape index (κ2) is 10.6. The van der Waals surface area contributed by atoms with Gasteiger partial charge in [-0.05, 0) is 45.0 Å². The highest BCUT2D eigenvalue weighted by Crippen LogP contribution is 2.64. The Labute approximate surface area is 160 Å². The average molecular weight is 413 g/mol. The van der Waals surface area contributed by atoms with Gasteiger partial charge in [0.25, 0.3) is 0 Å². The Hall–Kier alpha value is -1.62. The van der Waals surface area contributed by atoms with Crippen LogP contribution in [0.4, 0.5) is 0 Å². The second-order valence-electron chi connectivity index (χ2n) is 5.09. The summed E-state index contributed by atoms with van der Waals surface area (Å²) in [5.41, 5.74) is 0. The minimum atomic E-state index is -4.07. The third kappa shape index (κ3) is 6.80. The van der Waals surface area contributed by atoms with Gasteiger partial charge in [-0.2, -0.15) is 0 Å². The standard InChI is InChI=1S/C18H25NO6P2/c1-4-21-27(22-5-2,23-6-3)19-26(20,24-17-13-9-7-10-14-17)25-18-15-11-8-12-16-18/h7-16H,4-6H2,1-3H3. The molecule has 2 aromatic rings. The van der Waals surface area contributed by atoms with Crippen LogP contribution in [0.5, 0.6) is 11.5 Å². The fourth-order valence-electron chi connectivity index (χ4n) is 2.10. The topological polar surface area (TPSA) is 75.6 Å². The lowest BCUT2D eigenvalue weighted by molar-refractivity contribution is 0.163. The molecule has 0 spiro atoms. The molecule has 0 bridgehead atoms. The van der Waals surface area contributed by atoms with E-state index in [-0.39, 0.29) is 19.8 Å². The van der Waals surface area contributed by atoms with Gasteiger partial charge in [0.15, 0.2) is 0 Å². The van der Waals surface area contributed by atoms with Gasteiger partial charge in [0.05, 0.1) is 19.8 Å². The molecule has 27 heavy (non-hydrogen) atoms. The molecular weight excluding hydrogens is 388 g/mol. The summed E-state index contributed by atoms with van der Waals surface area (Å²) < 4.78 is 46.1. The van der Waals surface area contributed by atoms with Crippen molar-refractivity contribution in [1.82, 2.24) is 0 Å². The van der Waals surface area contributed by atoms with E-state index in [1.54, 1.807) is 69.3 Å². The molecule has 0 N–H and O–H groups in total. The highest BCUT2D eigenvalue weighted by Gasteiger charge is 2.36. The minimum Gasteiger partial charge on any atom is -0.399 e. The average Bonchev–Trinajstić information content (AvgIpc) is 2.63. The van der Waals surface area contributed by atoms with E-state index in [9.17, 15) is 4.57 Å². The van der Waals surface area contributed by atoms with Crippen molar-refractivity contribution >= 4 is 15.5 Å². The predicted octanol–water partition coefficient (Wildman–Crippen LogP) is 6.31. The van der Waals surface area contributed by atoms with Gasteiger partial charge in [0, 0.05) is 0 Å². The maximum absolute atomic E-state index is 13.6. The molecule has 0 aliphatic rings. The normalized spacial score (nSPS) is 11.8. The SMILES string of the molecule is CCOP(=NP(=O)(Oc1ccccc1)Oc1ccccc1)(OCC)OCC. The molecule has 9 heteroatoms. The molecule has 148 valence electrons. The van der Waals surface area contributed by atoms with E-state index in [0.717, 1.165) is 0 Å². The molecular formula is C18H25NO6P2. The van der Waals surface area contributed by atoms with E-state index >= 15 is 0 Å². The van der Waals surface area contributed by atoms with Crippen molar-refractivity contribution in [1.29, 1.82) is 0 Å². The van der Waals surface area contributed by atoms with Gasteiger partial charge in [-0.25, -0.2) is 4.57 Å². The zero-order valence-corrected chi connectivity index (χ0v) is 17.5. The maximum atomic E-state index is 13.6. The highest BCUT2D eigenvalue weighted by atomic mass is 31.2. The predicted molar refractivity (Wildman–Crippen MR) is 106 cm³/mol. The van der Waals surface area contributed by atoms with Crippen LogP contribution < -0.4 is 9.05 Å². The maximum Gasteiger partial charge on any atom is 0.567 e. The third-order valence-electron chi connectivity index (χ3n) is 3.02. The van der Waals surface area contributed by atoms with Crippen molar-refractivity contribution in [3.8, 4) is 11.5 Å². The first-order valence-corrected chi connectivity index (χ1v) is 11.7. The lowest BCUT2D eigenvalue weighted by Crippen LogP contribution is -2.04. The number of para-hydroxylation sites is 2. The van der Waals surface area contributed by atoms with Crippen molar-refractivity contribution < 1.29 is 27.2 Å². The van der Waals surface area contributed by atoms with Crippen LogP contribution in [0.3, 0.4) is 0 Å². The molecule has 0 aliphatic carbocycles. The van der Waals surface area contributed by atoms with Gasteiger partial charge < -0.3 is 22.6 Å². The summed E-state index contributed by atoms with van der Waals surface area (Å²) in [5, 5.41) is 0. The molecule has 0 amide bonds. The fraction of sp³-hybridized carbons (Fsp3) is 0.333. The summed E-state index contributed by atoms with van der Waals surface area (Å²) in [6, 6.07) is 17.4. The molecule has 0 fully saturated rings. The molecule has 0 atom stereocenters. The van der Waals surface area contributed by atoms with Crippen LogP contribution >= 0.6 is 15.5 Å². The summed E-state index contributed by atoms with van der Waals surface area (Å²) in [6.07, 6.45) is 0. The summed E-state index contributed by atoms with van der Waals surface area (Å²) in [5.74, 6) is 0.700. The van der Waals surface area contributed by atoms with E-state index in [0.29, 0.717) is 11.5 Å². The number of hydrogen-bond donors (Lipinski definition) is 0. The molecule has 0 saturated carbocycles. The first kappa shape index (κ1) is 21.7. The zero-order chi connectivity index (χ0) is 19.6. The van der Waals surface area contributed by atoms with E-state index in [1.807, 2.05) is 12.1 Å². The lowest BCUT2D eigenvalue weighted by Gasteiger charge is -2.24. The third-order valence-corrected chi connectivity index (χ3v) is 7.41. The molecule has 0 unspecified atom stereocenters.